The molecule has 3 aromatic carbocycles. The minimum atomic E-state index is 0.0731. The molecule has 0 saturated heterocycles. The molecule has 0 saturated carbocycles. The van der Waals surface area contributed by atoms with Crippen molar-refractivity contribution in [1.82, 2.24) is 0 Å². The van der Waals surface area contributed by atoms with E-state index < -0.39 is 0 Å². The molecule has 4 rings (SSSR count). The van der Waals surface area contributed by atoms with Gasteiger partial charge in [-0.2, -0.15) is 0 Å². The van der Waals surface area contributed by atoms with Gasteiger partial charge in [-0.3, -0.25) is 0 Å². The van der Waals surface area contributed by atoms with Gasteiger partial charge in [0.05, 0.1) is 0 Å². The van der Waals surface area contributed by atoms with E-state index in [4.69, 9.17) is 0 Å². The van der Waals surface area contributed by atoms with Crippen molar-refractivity contribution >= 4 is 33.7 Å². The first-order chi connectivity index (χ1) is 12.3. The maximum absolute atomic E-state index is 2.58. The fraction of sp³-hybridized carbons (Fsp3) is 0.167. The molecule has 1 aliphatic rings. The van der Waals surface area contributed by atoms with Gasteiger partial charge in [-0.05, 0) is 39.8 Å². The van der Waals surface area contributed by atoms with Gasteiger partial charge in [0.15, 0.2) is 0 Å². The number of hydrogen-bond donors (Lipinski definition) is 0. The van der Waals surface area contributed by atoms with Crippen LogP contribution in [-0.2, 0) is 5.41 Å². The van der Waals surface area contributed by atoms with Crippen LogP contribution >= 0.6 is 22.6 Å². The summed E-state index contributed by atoms with van der Waals surface area (Å²) < 4.78 is 1.08. The molecule has 0 radical (unpaired) electrons. The molecule has 1 aliphatic carbocycles. The van der Waals surface area contributed by atoms with E-state index in [0.717, 1.165) is 10.8 Å². The maximum atomic E-state index is 2.58. The predicted octanol–water partition coefficient (Wildman–Crippen LogP) is 6.74. The minimum Gasteiger partial charge on any atom is -0.0850 e. The van der Waals surface area contributed by atoms with Crippen molar-refractivity contribution < 1.29 is 0 Å². The van der Waals surface area contributed by atoms with Crippen LogP contribution in [0.2, 0.25) is 0 Å². The summed E-state index contributed by atoms with van der Waals surface area (Å²) in [6, 6.07) is 30.8. The third-order valence-electron chi connectivity index (χ3n) is 5.40. The van der Waals surface area contributed by atoms with Crippen LogP contribution in [0.5, 0.6) is 0 Å². The van der Waals surface area contributed by atoms with Crippen LogP contribution in [-0.4, -0.2) is 4.43 Å². The summed E-state index contributed by atoms with van der Waals surface area (Å²) in [4.78, 5) is 0. The second kappa shape index (κ2) is 6.80. The zero-order chi connectivity index (χ0) is 17.3. The van der Waals surface area contributed by atoms with Crippen molar-refractivity contribution in [2.75, 3.05) is 4.43 Å². The van der Waals surface area contributed by atoms with Gasteiger partial charge in [0, 0.05) is 9.84 Å². The van der Waals surface area contributed by atoms with Crippen molar-refractivity contribution in [3.63, 3.8) is 0 Å². The van der Waals surface area contributed by atoms with Gasteiger partial charge < -0.3 is 0 Å². The fourth-order valence-corrected chi connectivity index (χ4v) is 5.49. The van der Waals surface area contributed by atoms with Crippen LogP contribution in [0.25, 0.3) is 11.1 Å². The molecule has 0 bridgehead atoms. The summed E-state index contributed by atoms with van der Waals surface area (Å²) in [6.45, 7) is 2.33. The molecule has 1 heteroatoms. The standard InChI is InChI=1S/C24H21I/c1-2-24(17-25)21-16-10-9-15-20(21)22(18-11-5-3-6-12-18)23(24)19-13-7-4-8-14-19/h3-16H,2,17H2,1H3. The molecule has 0 fully saturated rings. The molecule has 25 heavy (non-hydrogen) atoms. The summed E-state index contributed by atoms with van der Waals surface area (Å²) in [5, 5.41) is 0. The Kier molecular flexibility index (Phi) is 4.51. The number of alkyl halides is 1. The predicted molar refractivity (Wildman–Crippen MR) is 116 cm³/mol. The average molecular weight is 436 g/mol. The molecular formula is C24H21I. The van der Waals surface area contributed by atoms with Crippen molar-refractivity contribution in [1.29, 1.82) is 0 Å². The van der Waals surface area contributed by atoms with Crippen molar-refractivity contribution in [3.8, 4) is 0 Å². The third kappa shape index (κ3) is 2.56. The lowest BCUT2D eigenvalue weighted by Crippen LogP contribution is -2.26. The lowest BCUT2D eigenvalue weighted by molar-refractivity contribution is 0.620. The lowest BCUT2D eigenvalue weighted by atomic mass is 9.74. The van der Waals surface area contributed by atoms with E-state index >= 15 is 0 Å². The van der Waals surface area contributed by atoms with Crippen LogP contribution in [0.4, 0.5) is 0 Å². The van der Waals surface area contributed by atoms with E-state index in [2.05, 4.69) is 114 Å². The summed E-state index contributed by atoms with van der Waals surface area (Å²) in [6.07, 6.45) is 1.10. The Bertz CT molecular complexity index is 903. The maximum Gasteiger partial charge on any atom is 0.0308 e. The fourth-order valence-electron chi connectivity index (χ4n) is 4.16. The molecule has 3 aromatic rings. The Morgan fingerprint density at radius 3 is 1.88 bits per heavy atom. The zero-order valence-electron chi connectivity index (χ0n) is 14.4. The number of benzene rings is 3. The van der Waals surface area contributed by atoms with Gasteiger partial charge in [-0.15, -0.1) is 0 Å². The van der Waals surface area contributed by atoms with Gasteiger partial charge in [0.2, 0.25) is 0 Å². The molecule has 124 valence electrons. The minimum absolute atomic E-state index is 0.0731. The van der Waals surface area contributed by atoms with Gasteiger partial charge in [0.25, 0.3) is 0 Å². The van der Waals surface area contributed by atoms with Crippen molar-refractivity contribution in [3.05, 3.63) is 107 Å². The Morgan fingerprint density at radius 1 is 0.720 bits per heavy atom. The summed E-state index contributed by atoms with van der Waals surface area (Å²) in [7, 11) is 0. The molecule has 0 nitrogen and oxygen atoms in total. The van der Waals surface area contributed by atoms with E-state index in [0.29, 0.717) is 0 Å². The SMILES string of the molecule is CCC1(CI)C(c2ccccc2)=C(c2ccccc2)c2ccccc21. The van der Waals surface area contributed by atoms with E-state index in [-0.39, 0.29) is 5.41 Å². The Balaban J connectivity index is 2.12. The van der Waals surface area contributed by atoms with Crippen molar-refractivity contribution in [2.45, 2.75) is 18.8 Å². The highest BCUT2D eigenvalue weighted by Gasteiger charge is 2.43. The molecule has 0 amide bonds. The third-order valence-corrected chi connectivity index (χ3v) is 6.70. The first-order valence-electron chi connectivity index (χ1n) is 8.83. The molecule has 0 aromatic heterocycles. The highest BCUT2D eigenvalue weighted by molar-refractivity contribution is 14.1. The number of rotatable bonds is 4. The van der Waals surface area contributed by atoms with Gasteiger partial charge in [-0.1, -0.05) is 114 Å². The van der Waals surface area contributed by atoms with E-state index in [9.17, 15) is 0 Å². The van der Waals surface area contributed by atoms with Crippen LogP contribution in [0.3, 0.4) is 0 Å². The van der Waals surface area contributed by atoms with Gasteiger partial charge in [0.1, 0.15) is 0 Å². The smallest absolute Gasteiger partial charge is 0.0308 e. The molecule has 0 heterocycles. The van der Waals surface area contributed by atoms with Crippen LogP contribution < -0.4 is 0 Å². The highest BCUT2D eigenvalue weighted by atomic mass is 127. The zero-order valence-corrected chi connectivity index (χ0v) is 16.5. The molecule has 1 atom stereocenters. The summed E-state index contributed by atoms with van der Waals surface area (Å²) >= 11 is 2.58. The number of halogens is 1. The number of allylic oxidation sites excluding steroid dienone is 1. The van der Waals surface area contributed by atoms with Crippen LogP contribution in [0.1, 0.15) is 35.6 Å². The Hall–Kier alpha value is -1.87. The van der Waals surface area contributed by atoms with Gasteiger partial charge in [-0.25, -0.2) is 0 Å². The molecule has 0 spiro atoms. The lowest BCUT2D eigenvalue weighted by Gasteiger charge is -2.31. The Morgan fingerprint density at radius 2 is 1.28 bits per heavy atom. The highest BCUT2D eigenvalue weighted by Crippen LogP contribution is 2.55. The first-order valence-corrected chi connectivity index (χ1v) is 10.4. The van der Waals surface area contributed by atoms with Gasteiger partial charge >= 0.3 is 0 Å². The molecule has 0 N–H and O–H groups in total. The van der Waals surface area contributed by atoms with Crippen LogP contribution in [0.15, 0.2) is 84.9 Å². The first kappa shape index (κ1) is 16.6. The normalized spacial score (nSPS) is 19.1. The average Bonchev–Trinajstić information content (AvgIpc) is 3.00. The quantitative estimate of drug-likeness (QED) is 0.314. The molecular weight excluding hydrogens is 415 g/mol. The molecule has 0 aliphatic heterocycles. The summed E-state index contributed by atoms with van der Waals surface area (Å²) in [5.74, 6) is 0. The van der Waals surface area contributed by atoms with Crippen molar-refractivity contribution in [2.24, 2.45) is 0 Å². The van der Waals surface area contributed by atoms with E-state index in [1.807, 2.05) is 0 Å². The number of fused-ring (bicyclic) bond motifs is 1. The second-order valence-corrected chi connectivity index (χ2v) is 7.36. The number of hydrogen-bond acceptors (Lipinski definition) is 0. The van der Waals surface area contributed by atoms with E-state index in [1.54, 1.807) is 0 Å². The molecule has 1 unspecified atom stereocenters. The van der Waals surface area contributed by atoms with Crippen LogP contribution in [0, 0.1) is 0 Å². The largest absolute Gasteiger partial charge is 0.0850 e. The van der Waals surface area contributed by atoms with E-state index in [1.165, 1.54) is 33.4 Å². The Labute approximate surface area is 163 Å². The topological polar surface area (TPSA) is 0 Å². The second-order valence-electron chi connectivity index (χ2n) is 6.60. The summed E-state index contributed by atoms with van der Waals surface area (Å²) in [5.41, 5.74) is 8.49. The monoisotopic (exact) mass is 436 g/mol.